The van der Waals surface area contributed by atoms with Crippen LogP contribution in [-0.2, 0) is 0 Å². The summed E-state index contributed by atoms with van der Waals surface area (Å²) in [6.45, 7) is 1.95. The van der Waals surface area contributed by atoms with Crippen molar-refractivity contribution in [1.82, 2.24) is 0 Å². The number of carbonyl (C=O) groups excluding carboxylic acids is 3. The van der Waals surface area contributed by atoms with Crippen molar-refractivity contribution in [1.29, 1.82) is 0 Å². The summed E-state index contributed by atoms with van der Waals surface area (Å²) in [6.07, 6.45) is 3.78. The fourth-order valence-electron chi connectivity index (χ4n) is 7.01. The first-order chi connectivity index (χ1) is 19.8. The average Bonchev–Trinajstić information content (AvgIpc) is 3.43. The number of rotatable bonds is 4. The molecule has 0 amide bonds. The van der Waals surface area contributed by atoms with E-state index < -0.39 is 28.3 Å². The maximum atomic E-state index is 14.7. The van der Waals surface area contributed by atoms with E-state index in [1.807, 2.05) is 72.5 Å². The average molecular weight is 541 g/mol. The molecular weight excluding hydrogens is 516 g/mol. The van der Waals surface area contributed by atoms with Crippen molar-refractivity contribution in [2.75, 3.05) is 4.90 Å². The predicted octanol–water partition coefficient (Wildman–Crippen LogP) is 6.22. The SMILES string of the molecule is Cc1ccc([C@H]2[C@@H](C(=O)c3cccc([N+](=O)[O-])c3)N3c4ccccc4C=C[C@@H]3C23C(=O)c2ccccc2C3=O)cc1. The maximum absolute atomic E-state index is 14.7. The number of nitro groups is 1. The summed E-state index contributed by atoms with van der Waals surface area (Å²) in [5, 5.41) is 11.6. The van der Waals surface area contributed by atoms with Gasteiger partial charge in [0.05, 0.1) is 11.0 Å². The van der Waals surface area contributed by atoms with Crippen LogP contribution in [0.3, 0.4) is 0 Å². The van der Waals surface area contributed by atoms with Gasteiger partial charge in [-0.1, -0.05) is 96.6 Å². The Kier molecular flexibility index (Phi) is 5.41. The highest BCUT2D eigenvalue weighted by molar-refractivity contribution is 6.32. The Morgan fingerprint density at radius 1 is 0.854 bits per heavy atom. The van der Waals surface area contributed by atoms with Gasteiger partial charge in [-0.15, -0.1) is 0 Å². The largest absolute Gasteiger partial charge is 0.352 e. The summed E-state index contributed by atoms with van der Waals surface area (Å²) >= 11 is 0. The molecule has 4 aromatic carbocycles. The van der Waals surface area contributed by atoms with Gasteiger partial charge in [0.15, 0.2) is 17.3 Å². The highest BCUT2D eigenvalue weighted by Crippen LogP contribution is 2.61. The monoisotopic (exact) mass is 540 g/mol. The molecule has 1 fully saturated rings. The summed E-state index contributed by atoms with van der Waals surface area (Å²) in [5.41, 5.74) is 2.32. The van der Waals surface area contributed by atoms with E-state index in [0.29, 0.717) is 16.7 Å². The minimum atomic E-state index is -1.61. The van der Waals surface area contributed by atoms with Gasteiger partial charge in [0, 0.05) is 40.4 Å². The maximum Gasteiger partial charge on any atom is 0.270 e. The molecule has 4 aromatic rings. The third-order valence-corrected chi connectivity index (χ3v) is 8.76. The van der Waals surface area contributed by atoms with Crippen molar-refractivity contribution in [2.45, 2.75) is 24.9 Å². The Labute approximate surface area is 235 Å². The number of hydrogen-bond acceptors (Lipinski definition) is 6. The first-order valence-corrected chi connectivity index (χ1v) is 13.4. The number of anilines is 1. The van der Waals surface area contributed by atoms with Crippen LogP contribution in [0.4, 0.5) is 11.4 Å². The van der Waals surface area contributed by atoms with Gasteiger partial charge < -0.3 is 4.90 Å². The first-order valence-electron chi connectivity index (χ1n) is 13.4. The molecule has 0 radical (unpaired) electrons. The molecule has 3 aliphatic rings. The second-order valence-electron chi connectivity index (χ2n) is 10.8. The molecule has 7 rings (SSSR count). The van der Waals surface area contributed by atoms with Crippen LogP contribution in [0.5, 0.6) is 0 Å². The number of para-hydroxylation sites is 1. The number of ketones is 3. The van der Waals surface area contributed by atoms with Crippen molar-refractivity contribution in [3.8, 4) is 0 Å². The lowest BCUT2D eigenvalue weighted by Gasteiger charge is -2.37. The number of Topliss-reactive ketones (excluding diaryl/α,β-unsaturated/α-hetero) is 3. The van der Waals surface area contributed by atoms with Gasteiger partial charge in [0.1, 0.15) is 11.5 Å². The number of nitro benzene ring substituents is 1. The minimum absolute atomic E-state index is 0.152. The molecule has 0 unspecified atom stereocenters. The van der Waals surface area contributed by atoms with Crippen LogP contribution in [0, 0.1) is 22.5 Å². The number of hydrogen-bond donors (Lipinski definition) is 0. The zero-order chi connectivity index (χ0) is 28.5. The van der Waals surface area contributed by atoms with E-state index in [1.165, 1.54) is 18.2 Å². The summed E-state index contributed by atoms with van der Waals surface area (Å²) in [4.78, 5) is 56.9. The number of fused-ring (bicyclic) bond motifs is 5. The topological polar surface area (TPSA) is 97.6 Å². The zero-order valence-electron chi connectivity index (χ0n) is 22.1. The molecule has 2 heterocycles. The molecule has 41 heavy (non-hydrogen) atoms. The van der Waals surface area contributed by atoms with Gasteiger partial charge in [-0.3, -0.25) is 24.5 Å². The van der Waals surface area contributed by atoms with E-state index in [4.69, 9.17) is 0 Å². The van der Waals surface area contributed by atoms with Gasteiger partial charge in [0.25, 0.3) is 5.69 Å². The number of carbonyl (C=O) groups is 3. The molecule has 1 spiro atoms. The summed E-state index contributed by atoms with van der Waals surface area (Å²) in [7, 11) is 0. The highest BCUT2D eigenvalue weighted by Gasteiger charge is 2.71. The van der Waals surface area contributed by atoms with E-state index in [9.17, 15) is 24.5 Å². The van der Waals surface area contributed by atoms with Crippen LogP contribution < -0.4 is 4.90 Å². The van der Waals surface area contributed by atoms with E-state index >= 15 is 0 Å². The molecule has 0 N–H and O–H groups in total. The van der Waals surface area contributed by atoms with Gasteiger partial charge >= 0.3 is 0 Å². The lowest BCUT2D eigenvalue weighted by molar-refractivity contribution is -0.384. The Balaban J connectivity index is 1.54. The predicted molar refractivity (Wildman–Crippen MR) is 154 cm³/mol. The molecule has 2 aliphatic heterocycles. The molecular formula is C34H24N2O5. The van der Waals surface area contributed by atoms with Gasteiger partial charge in [-0.2, -0.15) is 0 Å². The molecule has 0 bridgehead atoms. The molecule has 0 aromatic heterocycles. The molecule has 200 valence electrons. The molecule has 7 nitrogen and oxygen atoms in total. The fraction of sp³-hybridized carbons (Fsp3) is 0.147. The lowest BCUT2D eigenvalue weighted by Crippen LogP contribution is -2.48. The van der Waals surface area contributed by atoms with Crippen molar-refractivity contribution in [2.24, 2.45) is 5.41 Å². The van der Waals surface area contributed by atoms with Crippen LogP contribution in [0.2, 0.25) is 0 Å². The third-order valence-electron chi connectivity index (χ3n) is 8.76. The zero-order valence-corrected chi connectivity index (χ0v) is 22.1. The van der Waals surface area contributed by atoms with Crippen LogP contribution in [0.25, 0.3) is 6.08 Å². The highest BCUT2D eigenvalue weighted by atomic mass is 16.6. The standard InChI is InChI=1S/C34H24N2O5/c1-20-13-15-22(16-14-20)29-30(31(37)23-8-6-9-24(19-23)36(40)41)35-27-12-5-2-7-21(27)17-18-28(35)34(29)32(38)25-10-3-4-11-26(25)33(34)39/h2-19,28-30H,1H3/t28-,29+,30+/m1/s1. The van der Waals surface area contributed by atoms with Crippen molar-refractivity contribution in [3.05, 3.63) is 147 Å². The van der Waals surface area contributed by atoms with E-state index in [0.717, 1.165) is 16.8 Å². The Morgan fingerprint density at radius 2 is 1.51 bits per heavy atom. The van der Waals surface area contributed by atoms with Crippen LogP contribution in [0.15, 0.2) is 103 Å². The van der Waals surface area contributed by atoms with Gasteiger partial charge in [0.2, 0.25) is 0 Å². The van der Waals surface area contributed by atoms with Crippen LogP contribution in [-0.4, -0.2) is 34.4 Å². The number of aryl methyl sites for hydroxylation is 1. The summed E-state index contributed by atoms with van der Waals surface area (Å²) < 4.78 is 0. The first kappa shape index (κ1) is 24.8. The van der Waals surface area contributed by atoms with Gasteiger partial charge in [-0.05, 0) is 24.1 Å². The van der Waals surface area contributed by atoms with Gasteiger partial charge in [-0.25, -0.2) is 0 Å². The van der Waals surface area contributed by atoms with Crippen LogP contribution in [0.1, 0.15) is 53.7 Å². The number of nitrogens with zero attached hydrogens (tertiary/aromatic N) is 2. The Bertz CT molecular complexity index is 1790. The molecule has 1 saturated heterocycles. The molecule has 0 saturated carbocycles. The Morgan fingerprint density at radius 3 is 2.20 bits per heavy atom. The molecule has 1 aliphatic carbocycles. The van der Waals surface area contributed by atoms with Crippen molar-refractivity contribution < 1.29 is 19.3 Å². The van der Waals surface area contributed by atoms with E-state index in [-0.39, 0.29) is 28.6 Å². The second-order valence-corrected chi connectivity index (χ2v) is 10.8. The third kappa shape index (κ3) is 3.35. The quantitative estimate of drug-likeness (QED) is 0.132. The molecule has 7 heteroatoms. The number of benzene rings is 4. The second kappa shape index (κ2) is 8.93. The van der Waals surface area contributed by atoms with Crippen molar-refractivity contribution in [3.63, 3.8) is 0 Å². The van der Waals surface area contributed by atoms with Crippen molar-refractivity contribution >= 4 is 34.8 Å². The van der Waals surface area contributed by atoms with E-state index in [2.05, 4.69) is 0 Å². The Hall–Kier alpha value is -5.17. The fourth-order valence-corrected chi connectivity index (χ4v) is 7.01. The normalized spacial score (nSPS) is 21.5. The van der Waals surface area contributed by atoms with E-state index in [1.54, 1.807) is 30.3 Å². The smallest absolute Gasteiger partial charge is 0.270 e. The molecule has 3 atom stereocenters. The lowest BCUT2D eigenvalue weighted by atomic mass is 9.64. The minimum Gasteiger partial charge on any atom is -0.352 e. The number of non-ortho nitro benzene ring substituents is 1. The summed E-state index contributed by atoms with van der Waals surface area (Å²) in [5.74, 6) is -1.86. The van der Waals surface area contributed by atoms with Crippen LogP contribution >= 0.6 is 0 Å². The summed E-state index contributed by atoms with van der Waals surface area (Å²) in [6, 6.07) is 25.9.